The smallest absolute Gasteiger partial charge is 0.254 e. The second kappa shape index (κ2) is 8.83. The van der Waals surface area contributed by atoms with Crippen molar-refractivity contribution in [1.29, 1.82) is 0 Å². The van der Waals surface area contributed by atoms with Gasteiger partial charge in [0.1, 0.15) is 0 Å². The second-order valence-electron chi connectivity index (χ2n) is 6.95. The van der Waals surface area contributed by atoms with Crippen LogP contribution in [0, 0.1) is 0 Å². The van der Waals surface area contributed by atoms with E-state index in [9.17, 15) is 18.3 Å². The highest BCUT2D eigenvalue weighted by atomic mass is 32.2. The third-order valence-corrected chi connectivity index (χ3v) is 5.90. The summed E-state index contributed by atoms with van der Waals surface area (Å²) in [6.45, 7) is 2.76. The highest BCUT2D eigenvalue weighted by molar-refractivity contribution is 7.89. The van der Waals surface area contributed by atoms with E-state index in [1.165, 1.54) is 29.8 Å². The minimum atomic E-state index is -3.79. The summed E-state index contributed by atoms with van der Waals surface area (Å²) >= 11 is 0. The largest absolute Gasteiger partial charge is 0.396 e. The summed E-state index contributed by atoms with van der Waals surface area (Å²) in [4.78, 5) is 17.0. The molecule has 3 rings (SSSR count). The summed E-state index contributed by atoms with van der Waals surface area (Å²) in [6.07, 6.45) is 0.492. The Kier molecular flexibility index (Phi) is 6.46. The maximum atomic E-state index is 13.0. The topological polar surface area (TPSA) is 104 Å². The van der Waals surface area contributed by atoms with Crippen LogP contribution in [-0.4, -0.2) is 61.5 Å². The lowest BCUT2D eigenvalue weighted by Gasteiger charge is -2.41. The summed E-state index contributed by atoms with van der Waals surface area (Å²) in [5, 5.41) is 14.6. The normalized spacial score (nSPS) is 18.2. The number of hydrogen-bond donors (Lipinski definition) is 2. The van der Waals surface area contributed by atoms with Crippen LogP contribution >= 0.6 is 0 Å². The van der Waals surface area contributed by atoms with Gasteiger partial charge in [0.2, 0.25) is 10.0 Å². The van der Waals surface area contributed by atoms with E-state index in [-0.39, 0.29) is 23.5 Å². The Morgan fingerprint density at radius 3 is 2.36 bits per heavy atom. The van der Waals surface area contributed by atoms with E-state index in [0.717, 1.165) is 13.1 Å². The number of piperazine rings is 1. The summed E-state index contributed by atoms with van der Waals surface area (Å²) in [7, 11) is -3.79. The minimum Gasteiger partial charge on any atom is -0.396 e. The molecule has 0 aliphatic carbocycles. The predicted octanol–water partition coefficient (Wildman–Crippen LogP) is 1.04. The lowest BCUT2D eigenvalue weighted by atomic mass is 10.1. The van der Waals surface area contributed by atoms with Crippen molar-refractivity contribution in [3.8, 4) is 0 Å². The number of rotatable bonds is 6. The van der Waals surface area contributed by atoms with Crippen LogP contribution in [0.2, 0.25) is 0 Å². The zero-order valence-electron chi connectivity index (χ0n) is 15.6. The van der Waals surface area contributed by atoms with E-state index in [1.807, 2.05) is 18.2 Å². The Labute approximate surface area is 165 Å². The predicted molar refractivity (Wildman–Crippen MR) is 106 cm³/mol. The van der Waals surface area contributed by atoms with Crippen LogP contribution in [0.1, 0.15) is 22.3 Å². The quantitative estimate of drug-likeness (QED) is 0.750. The Hall–Kier alpha value is -2.26. The van der Waals surface area contributed by atoms with Crippen LogP contribution in [0.15, 0.2) is 59.5 Å². The average Bonchev–Trinajstić information content (AvgIpc) is 2.68. The van der Waals surface area contributed by atoms with Gasteiger partial charge in [0.25, 0.3) is 5.91 Å². The molecule has 7 nitrogen and oxygen atoms in total. The van der Waals surface area contributed by atoms with E-state index in [1.54, 1.807) is 4.90 Å². The fourth-order valence-corrected chi connectivity index (χ4v) is 4.04. The molecule has 150 valence electrons. The molecule has 8 heteroatoms. The number of nitrogens with two attached hydrogens (primary N) is 1. The number of aliphatic hydroxyl groups is 1. The van der Waals surface area contributed by atoms with E-state index < -0.39 is 10.0 Å². The van der Waals surface area contributed by atoms with Gasteiger partial charge in [0, 0.05) is 44.4 Å². The van der Waals surface area contributed by atoms with Crippen molar-refractivity contribution < 1.29 is 18.3 Å². The number of aliphatic hydroxyl groups excluding tert-OH is 1. The van der Waals surface area contributed by atoms with Crippen molar-refractivity contribution >= 4 is 15.9 Å². The molecule has 28 heavy (non-hydrogen) atoms. The first-order valence-electron chi connectivity index (χ1n) is 9.19. The minimum absolute atomic E-state index is 0.00201. The number of nitrogens with zero attached hydrogens (tertiary/aromatic N) is 2. The molecule has 1 amide bonds. The summed E-state index contributed by atoms with van der Waals surface area (Å²) in [5.74, 6) is -0.168. The van der Waals surface area contributed by atoms with Gasteiger partial charge in [-0.25, -0.2) is 13.6 Å². The fourth-order valence-electron chi connectivity index (χ4n) is 3.52. The Morgan fingerprint density at radius 2 is 1.75 bits per heavy atom. The second-order valence-corrected chi connectivity index (χ2v) is 8.52. The maximum absolute atomic E-state index is 13.0. The van der Waals surface area contributed by atoms with Crippen molar-refractivity contribution in [2.75, 3.05) is 26.2 Å². The summed E-state index contributed by atoms with van der Waals surface area (Å²) in [5.41, 5.74) is 1.62. The molecule has 0 spiro atoms. The number of hydrogen-bond acceptors (Lipinski definition) is 5. The molecule has 1 atom stereocenters. The van der Waals surface area contributed by atoms with Gasteiger partial charge < -0.3 is 10.0 Å². The number of carbonyl (C=O) groups is 1. The summed E-state index contributed by atoms with van der Waals surface area (Å²) in [6, 6.07) is 15.7. The molecule has 2 aromatic rings. The van der Waals surface area contributed by atoms with E-state index in [4.69, 9.17) is 5.14 Å². The van der Waals surface area contributed by atoms with Crippen LogP contribution in [-0.2, 0) is 16.6 Å². The van der Waals surface area contributed by atoms with Crippen molar-refractivity contribution in [2.45, 2.75) is 23.9 Å². The molecule has 1 aliphatic rings. The molecular weight excluding hydrogens is 378 g/mol. The van der Waals surface area contributed by atoms with Crippen LogP contribution < -0.4 is 5.14 Å². The van der Waals surface area contributed by atoms with E-state index >= 15 is 0 Å². The molecule has 0 unspecified atom stereocenters. The van der Waals surface area contributed by atoms with E-state index in [2.05, 4.69) is 17.0 Å². The summed E-state index contributed by atoms with van der Waals surface area (Å²) < 4.78 is 22.8. The van der Waals surface area contributed by atoms with Crippen molar-refractivity contribution in [3.63, 3.8) is 0 Å². The first-order valence-corrected chi connectivity index (χ1v) is 10.7. The number of primary sulfonamides is 1. The van der Waals surface area contributed by atoms with Gasteiger partial charge >= 0.3 is 0 Å². The molecule has 2 aromatic carbocycles. The Balaban J connectivity index is 1.71. The van der Waals surface area contributed by atoms with Crippen LogP contribution in [0.5, 0.6) is 0 Å². The van der Waals surface area contributed by atoms with Gasteiger partial charge in [0.15, 0.2) is 0 Å². The Bertz CT molecular complexity index is 901. The molecule has 1 saturated heterocycles. The molecule has 0 bridgehead atoms. The molecule has 0 saturated carbocycles. The Morgan fingerprint density at radius 1 is 1.07 bits per heavy atom. The third kappa shape index (κ3) is 4.96. The van der Waals surface area contributed by atoms with Gasteiger partial charge in [0.05, 0.1) is 4.90 Å². The zero-order chi connectivity index (χ0) is 20.1. The van der Waals surface area contributed by atoms with Gasteiger partial charge in [-0.05, 0) is 36.2 Å². The molecule has 0 radical (unpaired) electrons. The standard InChI is InChI=1S/C20H25N3O4S/c21-28(26,27)19-8-6-17(7-9-19)20(25)23-12-11-22(15-18(23)10-13-24)14-16-4-2-1-3-5-16/h1-9,18,24H,10-15H2,(H2,21,26,27)/t18-/m0/s1. The van der Waals surface area contributed by atoms with Gasteiger partial charge in [-0.1, -0.05) is 30.3 Å². The number of benzene rings is 2. The van der Waals surface area contributed by atoms with Crippen LogP contribution in [0.4, 0.5) is 0 Å². The number of carbonyl (C=O) groups excluding carboxylic acids is 1. The van der Waals surface area contributed by atoms with Crippen molar-refractivity contribution in [2.24, 2.45) is 5.14 Å². The molecular formula is C20H25N3O4S. The average molecular weight is 404 g/mol. The monoisotopic (exact) mass is 403 g/mol. The lowest BCUT2D eigenvalue weighted by molar-refractivity contribution is 0.0380. The van der Waals surface area contributed by atoms with Crippen LogP contribution in [0.3, 0.4) is 0 Å². The molecule has 3 N–H and O–H groups in total. The highest BCUT2D eigenvalue weighted by Crippen LogP contribution is 2.19. The van der Waals surface area contributed by atoms with Crippen molar-refractivity contribution in [3.05, 3.63) is 65.7 Å². The maximum Gasteiger partial charge on any atom is 0.254 e. The fraction of sp³-hybridized carbons (Fsp3) is 0.350. The molecule has 0 aromatic heterocycles. The molecule has 1 fully saturated rings. The number of amides is 1. The third-order valence-electron chi connectivity index (χ3n) is 4.97. The van der Waals surface area contributed by atoms with Crippen molar-refractivity contribution in [1.82, 2.24) is 9.80 Å². The first kappa shape index (κ1) is 20.5. The molecule has 1 aliphatic heterocycles. The number of sulfonamides is 1. The first-order chi connectivity index (χ1) is 13.4. The van der Waals surface area contributed by atoms with Gasteiger partial charge in [-0.2, -0.15) is 0 Å². The van der Waals surface area contributed by atoms with Gasteiger partial charge in [-0.3, -0.25) is 9.69 Å². The van der Waals surface area contributed by atoms with Crippen LogP contribution in [0.25, 0.3) is 0 Å². The SMILES string of the molecule is NS(=O)(=O)c1ccc(C(=O)N2CCN(Cc3ccccc3)C[C@@H]2CCO)cc1. The van der Waals surface area contributed by atoms with Gasteiger partial charge in [-0.15, -0.1) is 0 Å². The molecule has 1 heterocycles. The highest BCUT2D eigenvalue weighted by Gasteiger charge is 2.30. The lowest BCUT2D eigenvalue weighted by Crippen LogP contribution is -2.55. The van der Waals surface area contributed by atoms with E-state index in [0.29, 0.717) is 25.1 Å². The zero-order valence-corrected chi connectivity index (χ0v) is 16.4.